The van der Waals surface area contributed by atoms with Crippen molar-refractivity contribution >= 4 is 17.1 Å². The first-order valence-electron chi connectivity index (χ1n) is 23.3. The summed E-state index contributed by atoms with van der Waals surface area (Å²) in [6.07, 6.45) is 2.38. The van der Waals surface area contributed by atoms with E-state index in [4.69, 9.17) is 4.74 Å². The molecular formula is C62H61NO. The number of rotatable bonds is 13. The normalized spacial score (nSPS) is 15.3. The largest absolute Gasteiger partial charge is 0.457 e. The predicted octanol–water partition coefficient (Wildman–Crippen LogP) is 17.7. The first-order chi connectivity index (χ1) is 31.0. The van der Waals surface area contributed by atoms with E-state index in [0.717, 1.165) is 28.6 Å². The van der Waals surface area contributed by atoms with Gasteiger partial charge in [0, 0.05) is 17.1 Å². The molecule has 2 nitrogen and oxygen atoms in total. The van der Waals surface area contributed by atoms with E-state index in [0.29, 0.717) is 17.8 Å². The highest BCUT2D eigenvalue weighted by molar-refractivity contribution is 5.89. The number of nitrogens with zero attached hydrogens (tertiary/aromatic N) is 1. The summed E-state index contributed by atoms with van der Waals surface area (Å²) in [7, 11) is 0. The minimum atomic E-state index is -0.589. The molecule has 320 valence electrons. The van der Waals surface area contributed by atoms with Crippen molar-refractivity contribution in [3.63, 3.8) is 0 Å². The summed E-state index contributed by atoms with van der Waals surface area (Å²) in [5, 5.41) is 0. The van der Waals surface area contributed by atoms with Gasteiger partial charge in [0.2, 0.25) is 0 Å². The average molecular weight is 836 g/mol. The molecule has 1 aliphatic rings. The number of ether oxygens (including phenoxy) is 1. The van der Waals surface area contributed by atoms with Crippen molar-refractivity contribution in [2.24, 2.45) is 11.3 Å². The highest BCUT2D eigenvalue weighted by Crippen LogP contribution is 2.57. The Morgan fingerprint density at radius 1 is 0.484 bits per heavy atom. The van der Waals surface area contributed by atoms with E-state index in [1.54, 1.807) is 0 Å². The highest BCUT2D eigenvalue weighted by Gasteiger charge is 2.46. The van der Waals surface area contributed by atoms with Crippen LogP contribution in [0.2, 0.25) is 0 Å². The molecule has 8 aromatic carbocycles. The monoisotopic (exact) mass is 835 g/mol. The Balaban J connectivity index is 1.15. The smallest absolute Gasteiger partial charge is 0.127 e. The molecule has 64 heavy (non-hydrogen) atoms. The Bertz CT molecular complexity index is 2800. The molecule has 9 rings (SSSR count). The molecule has 0 saturated carbocycles. The minimum Gasteiger partial charge on any atom is -0.457 e. The van der Waals surface area contributed by atoms with Crippen molar-refractivity contribution in [1.82, 2.24) is 0 Å². The molecule has 8 aromatic rings. The maximum atomic E-state index is 6.62. The number of fused-ring (bicyclic) bond motifs is 3. The van der Waals surface area contributed by atoms with E-state index < -0.39 is 5.41 Å². The zero-order valence-electron chi connectivity index (χ0n) is 38.6. The Hall–Kier alpha value is -6.64. The van der Waals surface area contributed by atoms with E-state index >= 15 is 0 Å². The van der Waals surface area contributed by atoms with Crippen molar-refractivity contribution < 1.29 is 4.74 Å². The lowest BCUT2D eigenvalue weighted by molar-refractivity contribution is 0.271. The fourth-order valence-electron chi connectivity index (χ4n) is 10.0. The van der Waals surface area contributed by atoms with Crippen LogP contribution < -0.4 is 9.64 Å². The van der Waals surface area contributed by atoms with Gasteiger partial charge in [0.05, 0.1) is 5.41 Å². The molecule has 1 aliphatic carbocycles. The van der Waals surface area contributed by atoms with Gasteiger partial charge in [0.1, 0.15) is 11.5 Å². The molecule has 2 unspecified atom stereocenters. The summed E-state index contributed by atoms with van der Waals surface area (Å²) in [4.78, 5) is 2.39. The SMILES string of the molecule is CC[C@@H](C)CC(c1ccc(Oc2ccc(C3(c4ccc(C(C)C)cc4)c4ccccc4-c4ccc(N(c5ccccc5)c5ccc(-c6ccccc6)cc5)cc43)cc2)cc1)C(C)(C)C. The fraction of sp³-hybridized carbons (Fsp3) is 0.226. The van der Waals surface area contributed by atoms with Gasteiger partial charge in [-0.3, -0.25) is 0 Å². The van der Waals surface area contributed by atoms with E-state index in [1.165, 1.54) is 68.5 Å². The topological polar surface area (TPSA) is 12.5 Å². The van der Waals surface area contributed by atoms with Crippen molar-refractivity contribution in [2.75, 3.05) is 4.90 Å². The minimum absolute atomic E-state index is 0.179. The maximum Gasteiger partial charge on any atom is 0.127 e. The second-order valence-corrected chi connectivity index (χ2v) is 19.2. The van der Waals surface area contributed by atoms with Crippen LogP contribution in [0, 0.1) is 11.3 Å². The zero-order chi connectivity index (χ0) is 44.4. The molecule has 0 amide bonds. The van der Waals surface area contributed by atoms with E-state index in [1.807, 2.05) is 0 Å². The van der Waals surface area contributed by atoms with Crippen molar-refractivity contribution in [2.45, 2.75) is 78.6 Å². The third kappa shape index (κ3) is 8.19. The highest BCUT2D eigenvalue weighted by atomic mass is 16.5. The van der Waals surface area contributed by atoms with Crippen molar-refractivity contribution in [1.29, 1.82) is 0 Å². The summed E-state index contributed by atoms with van der Waals surface area (Å²) in [5.74, 6) is 3.27. The van der Waals surface area contributed by atoms with Crippen molar-refractivity contribution in [3.05, 3.63) is 234 Å². The molecule has 0 fully saturated rings. The maximum absolute atomic E-state index is 6.62. The average Bonchev–Trinajstić information content (AvgIpc) is 3.62. The number of benzene rings is 8. The van der Waals surface area contributed by atoms with Gasteiger partial charge in [-0.05, 0) is 146 Å². The summed E-state index contributed by atoms with van der Waals surface area (Å²) in [5.41, 5.74) is 15.5. The molecule has 0 heterocycles. The molecule has 3 atom stereocenters. The molecule has 0 spiro atoms. The third-order valence-electron chi connectivity index (χ3n) is 13.7. The molecule has 0 saturated heterocycles. The van der Waals surface area contributed by atoms with E-state index in [2.05, 4.69) is 254 Å². The van der Waals surface area contributed by atoms with E-state index in [9.17, 15) is 0 Å². The Morgan fingerprint density at radius 2 is 0.984 bits per heavy atom. The second kappa shape index (κ2) is 17.9. The van der Waals surface area contributed by atoms with Gasteiger partial charge in [-0.15, -0.1) is 0 Å². The van der Waals surface area contributed by atoms with Crippen LogP contribution in [0.5, 0.6) is 11.5 Å². The lowest BCUT2D eigenvalue weighted by Gasteiger charge is -2.35. The van der Waals surface area contributed by atoms with Gasteiger partial charge in [-0.25, -0.2) is 0 Å². The first-order valence-corrected chi connectivity index (χ1v) is 23.3. The van der Waals surface area contributed by atoms with Crippen LogP contribution in [0.4, 0.5) is 17.1 Å². The van der Waals surface area contributed by atoms with Gasteiger partial charge in [-0.2, -0.15) is 0 Å². The number of hydrogen-bond acceptors (Lipinski definition) is 2. The van der Waals surface area contributed by atoms with E-state index in [-0.39, 0.29) is 5.41 Å². The Morgan fingerprint density at radius 3 is 1.59 bits per heavy atom. The summed E-state index contributed by atoms with van der Waals surface area (Å²) < 4.78 is 6.62. The van der Waals surface area contributed by atoms with Crippen LogP contribution >= 0.6 is 0 Å². The van der Waals surface area contributed by atoms with Crippen LogP contribution in [0.15, 0.2) is 200 Å². The van der Waals surface area contributed by atoms with Crippen LogP contribution in [0.3, 0.4) is 0 Å². The molecule has 0 aromatic heterocycles. The second-order valence-electron chi connectivity index (χ2n) is 19.2. The van der Waals surface area contributed by atoms with Gasteiger partial charge in [-0.1, -0.05) is 194 Å². The molecule has 0 bridgehead atoms. The van der Waals surface area contributed by atoms with Gasteiger partial charge < -0.3 is 9.64 Å². The Labute approximate surface area is 382 Å². The number of para-hydroxylation sites is 1. The van der Waals surface area contributed by atoms with Crippen LogP contribution in [0.25, 0.3) is 22.3 Å². The molecule has 0 aliphatic heterocycles. The summed E-state index contributed by atoms with van der Waals surface area (Å²) in [6.45, 7) is 16.3. The number of hydrogen-bond donors (Lipinski definition) is 0. The first kappa shape index (κ1) is 42.7. The molecule has 2 heteroatoms. The molecule has 0 N–H and O–H groups in total. The van der Waals surface area contributed by atoms with Gasteiger partial charge in [0.25, 0.3) is 0 Å². The van der Waals surface area contributed by atoms with Crippen LogP contribution in [0.1, 0.15) is 107 Å². The third-order valence-corrected chi connectivity index (χ3v) is 13.7. The summed E-state index contributed by atoms with van der Waals surface area (Å²) >= 11 is 0. The van der Waals surface area contributed by atoms with Gasteiger partial charge >= 0.3 is 0 Å². The zero-order valence-corrected chi connectivity index (χ0v) is 38.6. The lowest BCUT2D eigenvalue weighted by atomic mass is 9.67. The lowest BCUT2D eigenvalue weighted by Crippen LogP contribution is -2.29. The van der Waals surface area contributed by atoms with Gasteiger partial charge in [0.15, 0.2) is 0 Å². The van der Waals surface area contributed by atoms with Crippen LogP contribution in [-0.4, -0.2) is 0 Å². The van der Waals surface area contributed by atoms with Crippen molar-refractivity contribution in [3.8, 4) is 33.8 Å². The van der Waals surface area contributed by atoms with Crippen LogP contribution in [-0.2, 0) is 5.41 Å². The molecular weight excluding hydrogens is 775 g/mol. The Kier molecular flexibility index (Phi) is 11.9. The fourth-order valence-corrected chi connectivity index (χ4v) is 10.0. The summed E-state index contributed by atoms with van der Waals surface area (Å²) in [6, 6.07) is 73.5. The number of anilines is 3. The predicted molar refractivity (Wildman–Crippen MR) is 271 cm³/mol. The quantitative estimate of drug-likeness (QED) is 0.115. The molecule has 0 radical (unpaired) electrons. The standard InChI is InChI=1S/C62H61NO/c1-8-44(4)41-59(61(5,6)7)48-27-36-54(37-28-48)64-55-38-31-50(32-39-55)62(49-29-23-45(24-30-49)43(2)3)58-22-16-15-21-56(58)57-40-35-53(42-60(57)62)63(51-19-13-10-14-20-51)52-33-25-47(26-34-52)46-17-11-9-12-18-46/h9-40,42-44,59H,8,41H2,1-7H3/t44-,59?,62?/m1/s1.